The van der Waals surface area contributed by atoms with Gasteiger partial charge in [0.2, 0.25) is 5.91 Å². The van der Waals surface area contributed by atoms with E-state index in [2.05, 4.69) is 10.6 Å². The van der Waals surface area contributed by atoms with Crippen molar-refractivity contribution in [3.05, 3.63) is 0 Å². The van der Waals surface area contributed by atoms with Crippen LogP contribution in [0.5, 0.6) is 0 Å². The summed E-state index contributed by atoms with van der Waals surface area (Å²) in [6.45, 7) is 0.346. The van der Waals surface area contributed by atoms with Gasteiger partial charge in [-0.25, -0.2) is 4.79 Å². The van der Waals surface area contributed by atoms with Crippen LogP contribution in [0.2, 0.25) is 0 Å². The van der Waals surface area contributed by atoms with Gasteiger partial charge in [-0.1, -0.05) is 0 Å². The van der Waals surface area contributed by atoms with Crippen LogP contribution in [0, 0.1) is 0 Å². The zero-order chi connectivity index (χ0) is 10.6. The molecule has 78 valence electrons. The number of amides is 3. The van der Waals surface area contributed by atoms with Crippen LogP contribution in [0.3, 0.4) is 0 Å². The second-order valence-electron chi connectivity index (χ2n) is 2.82. The van der Waals surface area contributed by atoms with Crippen LogP contribution in [0.15, 0.2) is 0 Å². The van der Waals surface area contributed by atoms with Crippen LogP contribution in [-0.2, 0) is 9.59 Å². The predicted octanol–water partition coefficient (Wildman–Crippen LogP) is -1.79. The Morgan fingerprint density at radius 2 is 2.29 bits per heavy atom. The largest absolute Gasteiger partial charge is 0.480 e. The molecule has 1 fully saturated rings. The van der Waals surface area contributed by atoms with Crippen LogP contribution >= 0.6 is 0 Å². The van der Waals surface area contributed by atoms with E-state index in [-0.39, 0.29) is 12.5 Å². The van der Waals surface area contributed by atoms with Crippen molar-refractivity contribution in [1.29, 1.82) is 0 Å². The molecule has 0 aromatic rings. The highest BCUT2D eigenvalue weighted by Gasteiger charge is 2.20. The SMILES string of the molecule is O=C(O)CNC(=O)N1CCNC(=O)C1. The molecule has 0 radical (unpaired) electrons. The molecule has 0 atom stereocenters. The minimum absolute atomic E-state index is 0.0224. The normalized spacial score (nSPS) is 16.0. The van der Waals surface area contributed by atoms with E-state index < -0.39 is 18.5 Å². The zero-order valence-corrected chi connectivity index (χ0v) is 7.45. The minimum Gasteiger partial charge on any atom is -0.480 e. The second kappa shape index (κ2) is 4.45. The van der Waals surface area contributed by atoms with Gasteiger partial charge in [-0.3, -0.25) is 9.59 Å². The van der Waals surface area contributed by atoms with E-state index >= 15 is 0 Å². The second-order valence-corrected chi connectivity index (χ2v) is 2.82. The molecule has 7 nitrogen and oxygen atoms in total. The molecule has 3 N–H and O–H groups in total. The Kier molecular flexibility index (Phi) is 3.27. The van der Waals surface area contributed by atoms with Gasteiger partial charge in [0, 0.05) is 13.1 Å². The summed E-state index contributed by atoms with van der Waals surface area (Å²) >= 11 is 0. The fourth-order valence-corrected chi connectivity index (χ4v) is 1.07. The van der Waals surface area contributed by atoms with E-state index in [4.69, 9.17) is 5.11 Å². The van der Waals surface area contributed by atoms with Crippen molar-refractivity contribution in [2.45, 2.75) is 0 Å². The summed E-state index contributed by atoms with van der Waals surface area (Å²) in [7, 11) is 0. The first-order chi connectivity index (χ1) is 6.59. The quantitative estimate of drug-likeness (QED) is 0.491. The Morgan fingerprint density at radius 1 is 1.57 bits per heavy atom. The molecule has 14 heavy (non-hydrogen) atoms. The van der Waals surface area contributed by atoms with Crippen molar-refractivity contribution >= 4 is 17.9 Å². The standard InChI is InChI=1S/C7H11N3O4/c11-5-4-10(2-1-8-5)7(14)9-3-6(12)13/h1-4H2,(H,8,11)(H,9,14)(H,12,13). The van der Waals surface area contributed by atoms with E-state index in [0.29, 0.717) is 13.1 Å². The van der Waals surface area contributed by atoms with E-state index in [9.17, 15) is 14.4 Å². The third-order valence-corrected chi connectivity index (χ3v) is 1.72. The van der Waals surface area contributed by atoms with Crippen molar-refractivity contribution in [1.82, 2.24) is 15.5 Å². The number of hydrogen-bond donors (Lipinski definition) is 3. The molecule has 1 aliphatic rings. The van der Waals surface area contributed by atoms with Gasteiger partial charge in [0.25, 0.3) is 0 Å². The summed E-state index contributed by atoms with van der Waals surface area (Å²) in [5.41, 5.74) is 0. The minimum atomic E-state index is -1.11. The summed E-state index contributed by atoms with van der Waals surface area (Å²) in [5, 5.41) is 13.0. The molecule has 0 spiro atoms. The Morgan fingerprint density at radius 3 is 2.86 bits per heavy atom. The molecule has 1 aliphatic heterocycles. The monoisotopic (exact) mass is 201 g/mol. The lowest BCUT2D eigenvalue weighted by molar-refractivity contribution is -0.135. The smallest absolute Gasteiger partial charge is 0.323 e. The van der Waals surface area contributed by atoms with Crippen LogP contribution in [0.25, 0.3) is 0 Å². The summed E-state index contributed by atoms with van der Waals surface area (Å²) < 4.78 is 0. The highest BCUT2D eigenvalue weighted by molar-refractivity contribution is 5.86. The molecule has 0 bridgehead atoms. The number of nitrogens with zero attached hydrogens (tertiary/aromatic N) is 1. The maximum Gasteiger partial charge on any atom is 0.323 e. The van der Waals surface area contributed by atoms with Crippen molar-refractivity contribution in [2.24, 2.45) is 0 Å². The fourth-order valence-electron chi connectivity index (χ4n) is 1.07. The Labute approximate surface area is 80.1 Å². The first-order valence-electron chi connectivity index (χ1n) is 4.11. The summed E-state index contributed by atoms with van der Waals surface area (Å²) in [6, 6.07) is -0.526. The Bertz CT molecular complexity index is 266. The molecule has 3 amide bonds. The number of nitrogens with one attached hydrogen (secondary N) is 2. The van der Waals surface area contributed by atoms with Crippen molar-refractivity contribution in [2.75, 3.05) is 26.2 Å². The maximum absolute atomic E-state index is 11.2. The summed E-state index contributed by atoms with van der Waals surface area (Å²) in [6.07, 6.45) is 0. The predicted molar refractivity (Wildman–Crippen MR) is 45.6 cm³/mol. The van der Waals surface area contributed by atoms with Gasteiger partial charge in [-0.15, -0.1) is 0 Å². The van der Waals surface area contributed by atoms with Gasteiger partial charge in [0.05, 0.1) is 0 Å². The lowest BCUT2D eigenvalue weighted by Crippen LogP contribution is -2.53. The number of carboxylic acids is 1. The van der Waals surface area contributed by atoms with Crippen LogP contribution in [-0.4, -0.2) is 54.1 Å². The van der Waals surface area contributed by atoms with Crippen molar-refractivity contribution in [3.63, 3.8) is 0 Å². The lowest BCUT2D eigenvalue weighted by atomic mass is 10.4. The van der Waals surface area contributed by atoms with Crippen LogP contribution in [0.4, 0.5) is 4.79 Å². The zero-order valence-electron chi connectivity index (χ0n) is 7.45. The molecule has 7 heteroatoms. The average molecular weight is 201 g/mol. The number of carbonyl (C=O) groups excluding carboxylic acids is 2. The first kappa shape index (κ1) is 10.3. The van der Waals surface area contributed by atoms with Gasteiger partial charge in [0.15, 0.2) is 0 Å². The fraction of sp³-hybridized carbons (Fsp3) is 0.571. The molecule has 0 aromatic carbocycles. The number of carboxylic acid groups (broad SMARTS) is 1. The van der Waals surface area contributed by atoms with Crippen LogP contribution < -0.4 is 10.6 Å². The van der Waals surface area contributed by atoms with Gasteiger partial charge in [-0.2, -0.15) is 0 Å². The molecule has 0 unspecified atom stereocenters. The molecule has 0 aromatic heterocycles. The highest BCUT2D eigenvalue weighted by atomic mass is 16.4. The molecular weight excluding hydrogens is 190 g/mol. The van der Waals surface area contributed by atoms with E-state index in [1.165, 1.54) is 4.90 Å². The molecule has 0 saturated carbocycles. The van der Waals surface area contributed by atoms with Crippen LogP contribution in [0.1, 0.15) is 0 Å². The maximum atomic E-state index is 11.2. The number of aliphatic carboxylic acids is 1. The van der Waals surface area contributed by atoms with Gasteiger partial charge < -0.3 is 20.6 Å². The molecule has 1 rings (SSSR count). The molecule has 0 aliphatic carbocycles. The van der Waals surface area contributed by atoms with Gasteiger partial charge >= 0.3 is 12.0 Å². The highest BCUT2D eigenvalue weighted by Crippen LogP contribution is 1.93. The third-order valence-electron chi connectivity index (χ3n) is 1.72. The Hall–Kier alpha value is -1.79. The van der Waals surface area contributed by atoms with E-state index in [1.807, 2.05) is 0 Å². The van der Waals surface area contributed by atoms with Gasteiger partial charge in [-0.05, 0) is 0 Å². The van der Waals surface area contributed by atoms with Gasteiger partial charge in [0.1, 0.15) is 13.1 Å². The van der Waals surface area contributed by atoms with E-state index in [0.717, 1.165) is 0 Å². The molecule has 1 saturated heterocycles. The molecular formula is C7H11N3O4. The topological polar surface area (TPSA) is 98.7 Å². The Balaban J connectivity index is 2.36. The lowest BCUT2D eigenvalue weighted by Gasteiger charge is -2.26. The molecule has 1 heterocycles. The van der Waals surface area contributed by atoms with E-state index in [1.54, 1.807) is 0 Å². The summed E-state index contributed by atoms with van der Waals surface area (Å²) in [4.78, 5) is 33.5. The number of hydrogen-bond acceptors (Lipinski definition) is 3. The average Bonchev–Trinajstić information content (AvgIpc) is 2.14. The number of urea groups is 1. The number of piperazine rings is 1. The first-order valence-corrected chi connectivity index (χ1v) is 4.11. The summed E-state index contributed by atoms with van der Waals surface area (Å²) in [5.74, 6) is -1.35. The number of carbonyl (C=O) groups is 3. The van der Waals surface area contributed by atoms with Crippen molar-refractivity contribution < 1.29 is 19.5 Å². The van der Waals surface area contributed by atoms with Crippen molar-refractivity contribution in [3.8, 4) is 0 Å². The third kappa shape index (κ3) is 2.92. The number of rotatable bonds is 2.